The molecular weight excluding hydrogens is 212 g/mol. The summed E-state index contributed by atoms with van der Waals surface area (Å²) in [7, 11) is 1.91. The van der Waals surface area contributed by atoms with E-state index in [4.69, 9.17) is 0 Å². The van der Waals surface area contributed by atoms with Crippen LogP contribution in [0.4, 0.5) is 5.69 Å². The molecule has 3 nitrogen and oxygen atoms in total. The molecule has 1 saturated heterocycles. The summed E-state index contributed by atoms with van der Waals surface area (Å²) in [6, 6.07) is 4.44. The molecule has 1 unspecified atom stereocenters. The molecule has 1 fully saturated rings. The lowest BCUT2D eigenvalue weighted by molar-refractivity contribution is -0.117. The molecule has 1 aromatic rings. The number of hydrogen-bond acceptors (Lipinski definition) is 2. The topological polar surface area (TPSA) is 32.3 Å². The fourth-order valence-corrected chi connectivity index (χ4v) is 2.37. The Morgan fingerprint density at radius 1 is 1.24 bits per heavy atom. The number of rotatable bonds is 2. The van der Waals surface area contributed by atoms with Crippen LogP contribution in [0.3, 0.4) is 0 Å². The quantitative estimate of drug-likeness (QED) is 0.845. The van der Waals surface area contributed by atoms with Gasteiger partial charge in [-0.2, -0.15) is 0 Å². The zero-order valence-corrected chi connectivity index (χ0v) is 11.0. The molecule has 0 spiro atoms. The van der Waals surface area contributed by atoms with Gasteiger partial charge in [-0.15, -0.1) is 0 Å². The summed E-state index contributed by atoms with van der Waals surface area (Å²) in [5, 5.41) is 3.18. The van der Waals surface area contributed by atoms with E-state index in [0.717, 1.165) is 12.2 Å². The SMILES string of the molecule is CNC1CC(=O)N(c2ccc(C)c(C)c2C)C1. The fraction of sp³-hybridized carbons (Fsp3) is 0.500. The number of amides is 1. The van der Waals surface area contributed by atoms with Crippen molar-refractivity contribution >= 4 is 11.6 Å². The molecule has 0 saturated carbocycles. The van der Waals surface area contributed by atoms with Crippen LogP contribution in [0.15, 0.2) is 12.1 Å². The first-order chi connectivity index (χ1) is 8.04. The first kappa shape index (κ1) is 12.1. The van der Waals surface area contributed by atoms with Gasteiger partial charge in [0.2, 0.25) is 5.91 Å². The van der Waals surface area contributed by atoms with E-state index in [0.29, 0.717) is 6.42 Å². The highest BCUT2D eigenvalue weighted by atomic mass is 16.2. The van der Waals surface area contributed by atoms with E-state index in [1.807, 2.05) is 11.9 Å². The van der Waals surface area contributed by atoms with Crippen LogP contribution < -0.4 is 10.2 Å². The lowest BCUT2D eigenvalue weighted by Gasteiger charge is -2.21. The summed E-state index contributed by atoms with van der Waals surface area (Å²) in [4.78, 5) is 13.9. The van der Waals surface area contributed by atoms with Crippen molar-refractivity contribution in [2.45, 2.75) is 33.2 Å². The van der Waals surface area contributed by atoms with E-state index in [2.05, 4.69) is 38.2 Å². The van der Waals surface area contributed by atoms with Crippen molar-refractivity contribution in [2.24, 2.45) is 0 Å². The van der Waals surface area contributed by atoms with Gasteiger partial charge in [-0.3, -0.25) is 4.79 Å². The van der Waals surface area contributed by atoms with Crippen molar-refractivity contribution in [2.75, 3.05) is 18.5 Å². The first-order valence-corrected chi connectivity index (χ1v) is 6.09. The number of benzene rings is 1. The van der Waals surface area contributed by atoms with Crippen LogP contribution in [0, 0.1) is 20.8 Å². The van der Waals surface area contributed by atoms with Crippen LogP contribution in [0.2, 0.25) is 0 Å². The second-order valence-corrected chi connectivity index (χ2v) is 4.85. The Balaban J connectivity index is 2.35. The van der Waals surface area contributed by atoms with Crippen molar-refractivity contribution in [1.82, 2.24) is 5.32 Å². The Kier molecular flexibility index (Phi) is 3.20. The van der Waals surface area contributed by atoms with E-state index in [1.54, 1.807) is 0 Å². The molecule has 3 heteroatoms. The Hall–Kier alpha value is -1.35. The molecule has 17 heavy (non-hydrogen) atoms. The largest absolute Gasteiger partial charge is 0.315 e. The first-order valence-electron chi connectivity index (χ1n) is 6.09. The van der Waals surface area contributed by atoms with E-state index in [9.17, 15) is 4.79 Å². The summed E-state index contributed by atoms with van der Waals surface area (Å²) in [5.41, 5.74) is 4.84. The number of carbonyl (C=O) groups excluding carboxylic acids is 1. The molecule has 2 rings (SSSR count). The second-order valence-electron chi connectivity index (χ2n) is 4.85. The van der Waals surface area contributed by atoms with Crippen molar-refractivity contribution in [3.8, 4) is 0 Å². The molecule has 0 aliphatic carbocycles. The molecule has 1 aliphatic rings. The van der Waals surface area contributed by atoms with Gasteiger partial charge in [0.1, 0.15) is 0 Å². The number of nitrogens with one attached hydrogen (secondary N) is 1. The Morgan fingerprint density at radius 2 is 1.94 bits per heavy atom. The van der Waals surface area contributed by atoms with Gasteiger partial charge in [-0.1, -0.05) is 6.07 Å². The summed E-state index contributed by atoms with van der Waals surface area (Å²) >= 11 is 0. The Morgan fingerprint density at radius 3 is 2.53 bits per heavy atom. The lowest BCUT2D eigenvalue weighted by atomic mass is 10.0. The maximum atomic E-state index is 12.0. The maximum absolute atomic E-state index is 12.0. The minimum Gasteiger partial charge on any atom is -0.315 e. The molecule has 0 radical (unpaired) electrons. The molecule has 1 amide bonds. The molecule has 1 heterocycles. The average Bonchev–Trinajstić information content (AvgIpc) is 2.68. The summed E-state index contributed by atoms with van der Waals surface area (Å²) in [6.07, 6.45) is 0.600. The zero-order valence-electron chi connectivity index (χ0n) is 11.0. The number of hydrogen-bond donors (Lipinski definition) is 1. The minimum absolute atomic E-state index is 0.218. The zero-order chi connectivity index (χ0) is 12.6. The smallest absolute Gasteiger partial charge is 0.228 e. The van der Waals surface area contributed by atoms with E-state index in [1.165, 1.54) is 16.7 Å². The van der Waals surface area contributed by atoms with Crippen LogP contribution in [0.1, 0.15) is 23.1 Å². The van der Waals surface area contributed by atoms with Crippen LogP contribution in [0.5, 0.6) is 0 Å². The normalized spacial score (nSPS) is 20.1. The predicted molar refractivity (Wildman–Crippen MR) is 70.5 cm³/mol. The van der Waals surface area contributed by atoms with Crippen molar-refractivity contribution in [1.29, 1.82) is 0 Å². The standard InChI is InChI=1S/C14H20N2O/c1-9-5-6-13(11(3)10(9)2)16-8-12(15-4)7-14(16)17/h5-6,12,15H,7-8H2,1-4H3. The summed E-state index contributed by atoms with van der Waals surface area (Å²) < 4.78 is 0. The van der Waals surface area contributed by atoms with Gasteiger partial charge in [0.15, 0.2) is 0 Å². The highest BCUT2D eigenvalue weighted by molar-refractivity contribution is 5.97. The van der Waals surface area contributed by atoms with Gasteiger partial charge >= 0.3 is 0 Å². The fourth-order valence-electron chi connectivity index (χ4n) is 2.37. The monoisotopic (exact) mass is 232 g/mol. The van der Waals surface area contributed by atoms with Gasteiger partial charge in [-0.25, -0.2) is 0 Å². The van der Waals surface area contributed by atoms with Crippen molar-refractivity contribution in [3.05, 3.63) is 28.8 Å². The van der Waals surface area contributed by atoms with E-state index < -0.39 is 0 Å². The summed E-state index contributed by atoms with van der Waals surface area (Å²) in [6.45, 7) is 7.09. The molecule has 1 atom stereocenters. The van der Waals surface area contributed by atoms with E-state index >= 15 is 0 Å². The second kappa shape index (κ2) is 4.49. The molecule has 92 valence electrons. The third-order valence-corrected chi connectivity index (χ3v) is 3.85. The minimum atomic E-state index is 0.218. The third-order valence-electron chi connectivity index (χ3n) is 3.85. The van der Waals surface area contributed by atoms with Crippen molar-refractivity contribution in [3.63, 3.8) is 0 Å². The van der Waals surface area contributed by atoms with Gasteiger partial charge in [0.25, 0.3) is 0 Å². The molecule has 1 aromatic carbocycles. The lowest BCUT2D eigenvalue weighted by Crippen LogP contribution is -2.30. The van der Waals surface area contributed by atoms with Crippen LogP contribution in [-0.4, -0.2) is 25.5 Å². The number of nitrogens with zero attached hydrogens (tertiary/aromatic N) is 1. The summed E-state index contributed by atoms with van der Waals surface area (Å²) in [5.74, 6) is 0.218. The highest BCUT2D eigenvalue weighted by Crippen LogP contribution is 2.28. The number of likely N-dealkylation sites (N-methyl/N-ethyl adjacent to an activating group) is 1. The molecule has 0 bridgehead atoms. The van der Waals surface area contributed by atoms with Gasteiger partial charge in [-0.05, 0) is 50.6 Å². The van der Waals surface area contributed by atoms with Gasteiger partial charge < -0.3 is 10.2 Å². The average molecular weight is 232 g/mol. The van der Waals surface area contributed by atoms with Crippen molar-refractivity contribution < 1.29 is 4.79 Å². The number of aryl methyl sites for hydroxylation is 1. The van der Waals surface area contributed by atoms with Crippen LogP contribution >= 0.6 is 0 Å². The molecular formula is C14H20N2O. The van der Waals surface area contributed by atoms with Crippen LogP contribution in [-0.2, 0) is 4.79 Å². The maximum Gasteiger partial charge on any atom is 0.228 e. The highest BCUT2D eigenvalue weighted by Gasteiger charge is 2.30. The van der Waals surface area contributed by atoms with E-state index in [-0.39, 0.29) is 11.9 Å². The third kappa shape index (κ3) is 2.07. The van der Waals surface area contributed by atoms with Crippen LogP contribution in [0.25, 0.3) is 0 Å². The predicted octanol–water partition coefficient (Wildman–Crippen LogP) is 1.94. The van der Waals surface area contributed by atoms with Gasteiger partial charge in [0.05, 0.1) is 0 Å². The number of carbonyl (C=O) groups is 1. The number of anilines is 1. The Bertz CT molecular complexity index is 454. The molecule has 1 aliphatic heterocycles. The molecule has 1 N–H and O–H groups in total. The molecule has 0 aromatic heterocycles. The van der Waals surface area contributed by atoms with Gasteiger partial charge in [0, 0.05) is 24.7 Å². The Labute approximate surface area is 103 Å².